The number of piperidine rings is 1. The standard InChI is InChI=1S/C30H45N3O4/c1-31(2)28(36)25-19-33(27(35)18-24(25)23-11-12-23)21-30(37)16-17-32(20-29(30)14-6-7-15-29)26(34)13-10-22-8-4-3-5-9-22/h18-19,22-23,37H,3-17,20-21H2,1-2H3/t30-/m1/s1. The summed E-state index contributed by atoms with van der Waals surface area (Å²) in [7, 11) is 3.47. The smallest absolute Gasteiger partial charge is 0.255 e. The zero-order valence-electron chi connectivity index (χ0n) is 22.8. The SMILES string of the molecule is CN(C)C(=O)c1cn(C[C@]2(O)CCN(C(=O)CCC3CCCCC3)CC23CCCC3)c(=O)cc1C1CC1. The highest BCUT2D eigenvalue weighted by Gasteiger charge is 2.55. The van der Waals surface area contributed by atoms with E-state index in [4.69, 9.17) is 0 Å². The summed E-state index contributed by atoms with van der Waals surface area (Å²) < 4.78 is 1.57. The number of hydrogen-bond donors (Lipinski definition) is 1. The van der Waals surface area contributed by atoms with Crippen LogP contribution in [0.15, 0.2) is 17.1 Å². The van der Waals surface area contributed by atoms with Gasteiger partial charge in [0, 0.05) is 51.3 Å². The lowest BCUT2D eigenvalue weighted by atomic mass is 9.65. The maximum Gasteiger partial charge on any atom is 0.255 e. The molecule has 7 nitrogen and oxygen atoms in total. The van der Waals surface area contributed by atoms with Crippen molar-refractivity contribution in [3.05, 3.63) is 33.7 Å². The second kappa shape index (κ2) is 10.5. The van der Waals surface area contributed by atoms with Crippen LogP contribution in [0.25, 0.3) is 0 Å². The predicted octanol–water partition coefficient (Wildman–Crippen LogP) is 4.31. The Kier molecular flexibility index (Phi) is 7.54. The zero-order chi connectivity index (χ0) is 26.2. The van der Waals surface area contributed by atoms with E-state index in [1.54, 1.807) is 35.8 Å². The lowest BCUT2D eigenvalue weighted by Gasteiger charge is -2.52. The number of rotatable bonds is 7. The second-order valence-corrected chi connectivity index (χ2v) is 12.7. The van der Waals surface area contributed by atoms with Crippen LogP contribution in [0.1, 0.15) is 112 Å². The quantitative estimate of drug-likeness (QED) is 0.591. The van der Waals surface area contributed by atoms with Gasteiger partial charge in [-0.1, -0.05) is 44.9 Å². The molecule has 1 aromatic heterocycles. The third kappa shape index (κ3) is 5.39. The molecule has 4 fully saturated rings. The summed E-state index contributed by atoms with van der Waals surface area (Å²) in [4.78, 5) is 43.0. The molecule has 0 bridgehead atoms. The van der Waals surface area contributed by atoms with Crippen LogP contribution in [0.2, 0.25) is 0 Å². The lowest BCUT2D eigenvalue weighted by molar-refractivity contribution is -0.160. The van der Waals surface area contributed by atoms with E-state index in [1.807, 2.05) is 4.90 Å². The van der Waals surface area contributed by atoms with Crippen molar-refractivity contribution in [2.45, 2.75) is 108 Å². The molecule has 3 saturated carbocycles. The highest BCUT2D eigenvalue weighted by Crippen LogP contribution is 2.52. The summed E-state index contributed by atoms with van der Waals surface area (Å²) in [6, 6.07) is 1.63. The van der Waals surface area contributed by atoms with Crippen molar-refractivity contribution < 1.29 is 14.7 Å². The van der Waals surface area contributed by atoms with Gasteiger partial charge in [-0.15, -0.1) is 0 Å². The summed E-state index contributed by atoms with van der Waals surface area (Å²) in [5.74, 6) is 1.10. The van der Waals surface area contributed by atoms with Crippen LogP contribution >= 0.6 is 0 Å². The first kappa shape index (κ1) is 26.5. The van der Waals surface area contributed by atoms with Gasteiger partial charge in [-0.05, 0) is 55.9 Å². The molecule has 3 aliphatic carbocycles. The molecular weight excluding hydrogens is 466 g/mol. The van der Waals surface area contributed by atoms with Crippen LogP contribution in [-0.2, 0) is 11.3 Å². The van der Waals surface area contributed by atoms with Gasteiger partial charge in [0.05, 0.1) is 17.7 Å². The van der Waals surface area contributed by atoms with Crippen molar-refractivity contribution in [3.63, 3.8) is 0 Å². The molecule has 2 heterocycles. The Bertz CT molecular complexity index is 1060. The minimum atomic E-state index is -1.08. The fourth-order valence-corrected chi connectivity index (χ4v) is 7.42. The molecular formula is C30H45N3O4. The molecule has 0 aromatic carbocycles. The molecule has 2 amide bonds. The van der Waals surface area contributed by atoms with E-state index in [0.717, 1.165) is 50.5 Å². The first-order chi connectivity index (χ1) is 17.7. The number of pyridine rings is 1. The van der Waals surface area contributed by atoms with Gasteiger partial charge in [-0.3, -0.25) is 14.4 Å². The van der Waals surface area contributed by atoms with E-state index in [2.05, 4.69) is 0 Å². The van der Waals surface area contributed by atoms with Crippen molar-refractivity contribution in [1.29, 1.82) is 0 Å². The van der Waals surface area contributed by atoms with Gasteiger partial charge in [-0.2, -0.15) is 0 Å². The van der Waals surface area contributed by atoms with Gasteiger partial charge >= 0.3 is 0 Å². The molecule has 1 atom stereocenters. The maximum atomic E-state index is 13.2. The predicted molar refractivity (Wildman–Crippen MR) is 144 cm³/mol. The van der Waals surface area contributed by atoms with Crippen LogP contribution in [0.4, 0.5) is 0 Å². The van der Waals surface area contributed by atoms with Crippen molar-refractivity contribution in [1.82, 2.24) is 14.4 Å². The summed E-state index contributed by atoms with van der Waals surface area (Å²) in [5.41, 5.74) is -0.198. The molecule has 0 radical (unpaired) electrons. The van der Waals surface area contributed by atoms with E-state index in [0.29, 0.717) is 37.4 Å². The maximum absolute atomic E-state index is 13.2. The van der Waals surface area contributed by atoms with Gasteiger partial charge in [0.25, 0.3) is 11.5 Å². The summed E-state index contributed by atoms with van der Waals surface area (Å²) in [5, 5.41) is 12.2. The minimum Gasteiger partial charge on any atom is -0.387 e. The third-order valence-corrected chi connectivity index (χ3v) is 9.92. The molecule has 4 aliphatic rings. The molecule has 37 heavy (non-hydrogen) atoms. The topological polar surface area (TPSA) is 82.8 Å². The van der Waals surface area contributed by atoms with Crippen molar-refractivity contribution >= 4 is 11.8 Å². The molecule has 1 aromatic rings. The second-order valence-electron chi connectivity index (χ2n) is 12.7. The van der Waals surface area contributed by atoms with E-state index in [9.17, 15) is 19.5 Å². The average Bonchev–Trinajstić information content (AvgIpc) is 3.63. The molecule has 0 unspecified atom stereocenters. The highest BCUT2D eigenvalue weighted by atomic mass is 16.3. The van der Waals surface area contributed by atoms with E-state index in [1.165, 1.54) is 32.1 Å². The Morgan fingerprint density at radius 2 is 1.73 bits per heavy atom. The number of amides is 2. The van der Waals surface area contributed by atoms with Crippen molar-refractivity contribution in [2.24, 2.45) is 11.3 Å². The monoisotopic (exact) mass is 511 g/mol. The van der Waals surface area contributed by atoms with Crippen LogP contribution in [-0.4, -0.2) is 64.1 Å². The Morgan fingerprint density at radius 1 is 1.03 bits per heavy atom. The number of aliphatic hydroxyl groups is 1. The lowest BCUT2D eigenvalue weighted by Crippen LogP contribution is -2.62. The first-order valence-corrected chi connectivity index (χ1v) is 14.7. The molecule has 1 N–H and O–H groups in total. The number of hydrogen-bond acceptors (Lipinski definition) is 4. The molecule has 1 aliphatic heterocycles. The number of likely N-dealkylation sites (tertiary alicyclic amines) is 1. The Balaban J connectivity index is 1.34. The Morgan fingerprint density at radius 3 is 2.38 bits per heavy atom. The van der Waals surface area contributed by atoms with Crippen molar-refractivity contribution in [2.75, 3.05) is 27.2 Å². The molecule has 1 saturated heterocycles. The van der Waals surface area contributed by atoms with E-state index >= 15 is 0 Å². The summed E-state index contributed by atoms with van der Waals surface area (Å²) in [6.07, 6.45) is 16.0. The molecule has 7 heteroatoms. The minimum absolute atomic E-state index is 0.100. The number of aromatic nitrogens is 1. The summed E-state index contributed by atoms with van der Waals surface area (Å²) in [6.45, 7) is 1.28. The third-order valence-electron chi connectivity index (χ3n) is 9.92. The van der Waals surface area contributed by atoms with Crippen LogP contribution in [0.5, 0.6) is 0 Å². The normalized spacial score (nSPS) is 26.0. The Hall–Kier alpha value is -2.15. The molecule has 5 rings (SSSR count). The zero-order valence-corrected chi connectivity index (χ0v) is 22.8. The van der Waals surface area contributed by atoms with Crippen LogP contribution < -0.4 is 5.56 Å². The fourth-order valence-electron chi connectivity index (χ4n) is 7.42. The average molecular weight is 512 g/mol. The van der Waals surface area contributed by atoms with Crippen LogP contribution in [0.3, 0.4) is 0 Å². The van der Waals surface area contributed by atoms with Gasteiger partial charge in [0.2, 0.25) is 5.91 Å². The summed E-state index contributed by atoms with van der Waals surface area (Å²) >= 11 is 0. The number of nitrogens with zero attached hydrogens (tertiary/aromatic N) is 3. The number of carbonyl (C=O) groups excluding carboxylic acids is 2. The van der Waals surface area contributed by atoms with Crippen molar-refractivity contribution in [3.8, 4) is 0 Å². The first-order valence-electron chi connectivity index (χ1n) is 14.7. The Labute approximate surface area is 221 Å². The van der Waals surface area contributed by atoms with Gasteiger partial charge in [0.1, 0.15) is 0 Å². The van der Waals surface area contributed by atoms with Gasteiger partial charge < -0.3 is 19.5 Å². The fraction of sp³-hybridized carbons (Fsp3) is 0.767. The highest BCUT2D eigenvalue weighted by molar-refractivity contribution is 5.95. The van der Waals surface area contributed by atoms with E-state index in [-0.39, 0.29) is 29.8 Å². The molecule has 204 valence electrons. The molecule has 1 spiro atoms. The largest absolute Gasteiger partial charge is 0.387 e. The number of carbonyl (C=O) groups is 2. The van der Waals surface area contributed by atoms with Crippen LogP contribution in [0, 0.1) is 11.3 Å². The van der Waals surface area contributed by atoms with E-state index < -0.39 is 11.0 Å². The van der Waals surface area contributed by atoms with Gasteiger partial charge in [0.15, 0.2) is 0 Å². The van der Waals surface area contributed by atoms with Gasteiger partial charge in [-0.25, -0.2) is 0 Å².